The highest BCUT2D eigenvalue weighted by Gasteiger charge is 2.29. The van der Waals surface area contributed by atoms with Gasteiger partial charge in [0.15, 0.2) is 0 Å². The number of nitrogens with two attached hydrogens (primary N) is 4. The highest BCUT2D eigenvalue weighted by molar-refractivity contribution is 6.06. The van der Waals surface area contributed by atoms with E-state index in [1.165, 1.54) is 12.3 Å². The van der Waals surface area contributed by atoms with Gasteiger partial charge in [-0.3, -0.25) is 9.59 Å². The molecule has 0 saturated carbocycles. The molecule has 4 atom stereocenters. The fourth-order valence-corrected chi connectivity index (χ4v) is 7.31. The summed E-state index contributed by atoms with van der Waals surface area (Å²) < 4.78 is 17.1. The van der Waals surface area contributed by atoms with Crippen molar-refractivity contribution in [2.24, 2.45) is 22.9 Å². The van der Waals surface area contributed by atoms with E-state index in [1.807, 2.05) is 21.6 Å². The minimum absolute atomic E-state index is 0.0783. The zero-order valence-electron chi connectivity index (χ0n) is 29.3. The fourth-order valence-electron chi connectivity index (χ4n) is 7.31. The number of pyridine rings is 1. The van der Waals surface area contributed by atoms with Crippen LogP contribution in [0.15, 0.2) is 47.4 Å². The summed E-state index contributed by atoms with van der Waals surface area (Å²) in [6, 6.07) is 9.42. The van der Waals surface area contributed by atoms with Crippen molar-refractivity contribution in [2.45, 2.75) is 50.5 Å². The fraction of sp³-hybridized carbons (Fsp3) is 0.457. The molecule has 0 bridgehead atoms. The smallest absolute Gasteiger partial charge is 0.261 e. The summed E-state index contributed by atoms with van der Waals surface area (Å²) in [5.74, 6) is 0.119. The average molecular weight is 715 g/mol. The van der Waals surface area contributed by atoms with E-state index in [0.29, 0.717) is 99.1 Å². The van der Waals surface area contributed by atoms with Crippen molar-refractivity contribution < 1.29 is 9.18 Å². The lowest BCUT2D eigenvalue weighted by atomic mass is 10.0. The van der Waals surface area contributed by atoms with Gasteiger partial charge in [0.25, 0.3) is 5.91 Å². The molecule has 3 aliphatic rings. The number of nitrogens with zero attached hydrogens (tertiary/aromatic N) is 7. The molecule has 1 amide bonds. The topological polar surface area (TPSA) is 228 Å². The normalized spacial score (nSPS) is 22.5. The Morgan fingerprint density at radius 1 is 0.846 bits per heavy atom. The number of benzene rings is 2. The van der Waals surface area contributed by atoms with Gasteiger partial charge in [0, 0.05) is 106 Å². The second-order valence-electron chi connectivity index (χ2n) is 14.0. The molecule has 0 radical (unpaired) electrons. The molecule has 0 aliphatic carbocycles. The number of anilines is 6. The van der Waals surface area contributed by atoms with Gasteiger partial charge >= 0.3 is 0 Å². The number of aromatic nitrogens is 4. The average Bonchev–Trinajstić information content (AvgIpc) is 3.12. The number of piperazine rings is 1. The molecule has 276 valence electrons. The van der Waals surface area contributed by atoms with Crippen LogP contribution < -0.4 is 59.0 Å². The summed E-state index contributed by atoms with van der Waals surface area (Å²) in [5.41, 5.74) is 26.7. The number of aryl methyl sites for hydroxylation is 1. The summed E-state index contributed by atoms with van der Waals surface area (Å²) in [6.45, 7) is 7.44. The minimum atomic E-state index is -0.593. The first-order valence-electron chi connectivity index (χ1n) is 17.8. The third-order valence-electron chi connectivity index (χ3n) is 9.80. The third-order valence-corrected chi connectivity index (χ3v) is 9.80. The van der Waals surface area contributed by atoms with Crippen molar-refractivity contribution in [3.63, 3.8) is 0 Å². The number of nitrogens with one attached hydrogen (secondary N) is 3. The Kier molecular flexibility index (Phi) is 10.2. The van der Waals surface area contributed by atoms with Gasteiger partial charge in [-0.2, -0.15) is 15.0 Å². The molecular formula is C35H47FN14O2. The number of hydrogen-bond donors (Lipinski definition) is 7. The summed E-state index contributed by atoms with van der Waals surface area (Å²) in [6.07, 6.45) is 2.96. The highest BCUT2D eigenvalue weighted by atomic mass is 19.1. The van der Waals surface area contributed by atoms with Crippen LogP contribution in [0.2, 0.25) is 0 Å². The van der Waals surface area contributed by atoms with Gasteiger partial charge in [-0.25, -0.2) is 4.39 Å². The van der Waals surface area contributed by atoms with Gasteiger partial charge in [-0.15, -0.1) is 0 Å². The third kappa shape index (κ3) is 7.63. The molecule has 7 rings (SSSR count). The van der Waals surface area contributed by atoms with Crippen molar-refractivity contribution in [3.05, 3.63) is 64.2 Å². The Hall–Kier alpha value is -4.94. The lowest BCUT2D eigenvalue weighted by molar-refractivity contribution is 0.102. The van der Waals surface area contributed by atoms with Crippen LogP contribution in [0.5, 0.6) is 0 Å². The van der Waals surface area contributed by atoms with E-state index in [9.17, 15) is 9.59 Å². The first-order valence-corrected chi connectivity index (χ1v) is 17.8. The van der Waals surface area contributed by atoms with Crippen LogP contribution in [0.3, 0.4) is 0 Å². The van der Waals surface area contributed by atoms with Crippen molar-refractivity contribution in [1.29, 1.82) is 0 Å². The van der Waals surface area contributed by atoms with Crippen LogP contribution in [0.25, 0.3) is 10.9 Å². The molecule has 2 aromatic heterocycles. The highest BCUT2D eigenvalue weighted by Crippen LogP contribution is 2.27. The number of fused-ring (bicyclic) bond motifs is 1. The first kappa shape index (κ1) is 35.5. The molecule has 11 N–H and O–H groups in total. The zero-order chi connectivity index (χ0) is 36.5. The van der Waals surface area contributed by atoms with E-state index >= 15 is 4.39 Å². The molecule has 5 heterocycles. The number of rotatable bonds is 8. The van der Waals surface area contributed by atoms with Crippen molar-refractivity contribution >= 4 is 51.7 Å². The van der Waals surface area contributed by atoms with Gasteiger partial charge < -0.3 is 58.2 Å². The van der Waals surface area contributed by atoms with Crippen molar-refractivity contribution in [3.8, 4) is 0 Å². The van der Waals surface area contributed by atoms with E-state index < -0.39 is 17.2 Å². The Balaban J connectivity index is 1.11. The number of piperidine rings is 2. The Morgan fingerprint density at radius 2 is 1.40 bits per heavy atom. The van der Waals surface area contributed by atoms with Crippen molar-refractivity contribution in [2.75, 3.05) is 77.7 Å². The summed E-state index contributed by atoms with van der Waals surface area (Å²) >= 11 is 0. The summed E-state index contributed by atoms with van der Waals surface area (Å²) in [5, 5.41) is 9.48. The van der Waals surface area contributed by atoms with Crippen LogP contribution in [0.4, 0.5) is 39.3 Å². The molecule has 3 fully saturated rings. The lowest BCUT2D eigenvalue weighted by Crippen LogP contribution is -2.54. The number of amides is 1. The quantitative estimate of drug-likeness (QED) is 0.132. The number of hydrogen-bond acceptors (Lipinski definition) is 14. The number of carbonyl (C=O) groups is 1. The van der Waals surface area contributed by atoms with Crippen LogP contribution in [0, 0.1) is 5.82 Å². The predicted octanol–water partition coefficient (Wildman–Crippen LogP) is 0.480. The summed E-state index contributed by atoms with van der Waals surface area (Å²) in [4.78, 5) is 47.1. The second kappa shape index (κ2) is 15.0. The van der Waals surface area contributed by atoms with Gasteiger partial charge in [-0.05, 0) is 56.2 Å². The van der Waals surface area contributed by atoms with Crippen LogP contribution in [0.1, 0.15) is 30.1 Å². The molecule has 17 heteroatoms. The molecule has 3 aliphatic heterocycles. The van der Waals surface area contributed by atoms with Gasteiger partial charge in [0.2, 0.25) is 23.3 Å². The zero-order valence-corrected chi connectivity index (χ0v) is 29.3. The van der Waals surface area contributed by atoms with E-state index in [-0.39, 0.29) is 35.1 Å². The number of carbonyl (C=O) groups excluding carboxylic acids is 1. The largest absolute Gasteiger partial charge is 0.367 e. The maximum absolute atomic E-state index is 15.3. The van der Waals surface area contributed by atoms with Crippen LogP contribution in [-0.4, -0.2) is 102 Å². The Morgan fingerprint density at radius 3 is 1.96 bits per heavy atom. The van der Waals surface area contributed by atoms with E-state index in [0.717, 1.165) is 13.1 Å². The van der Waals surface area contributed by atoms with E-state index in [2.05, 4.69) is 16.0 Å². The van der Waals surface area contributed by atoms with Gasteiger partial charge in [0.1, 0.15) is 11.4 Å². The monoisotopic (exact) mass is 714 g/mol. The maximum Gasteiger partial charge on any atom is 0.261 e. The van der Waals surface area contributed by atoms with E-state index in [1.54, 1.807) is 34.9 Å². The molecule has 0 unspecified atom stereocenters. The predicted molar refractivity (Wildman–Crippen MR) is 202 cm³/mol. The first-order chi connectivity index (χ1) is 25.0. The van der Waals surface area contributed by atoms with Gasteiger partial charge in [0.05, 0.1) is 11.2 Å². The number of halogens is 1. The standard InChI is InChI=1S/C35H47FN14O2/c1-2-47-19-27(31(51)26-13-28(36)30(14-29(26)47)48-9-7-41-8-10-48)32(52)42-24-3-5-25(6-4-24)43-33-44-34(49-15-20(37)11-21(38)16-49)46-35(45-33)50-17-22(39)12-23(40)18-50/h3-6,13-14,19-23,41H,2,7-12,15-18,37-40H2,1H3,(H,42,52)(H,43,44,45,46)/t20-,21+,22-,23+. The Labute approximate surface area is 300 Å². The van der Waals surface area contributed by atoms with Crippen LogP contribution >= 0.6 is 0 Å². The summed E-state index contributed by atoms with van der Waals surface area (Å²) in [7, 11) is 0. The lowest BCUT2D eigenvalue weighted by Gasteiger charge is -2.37. The van der Waals surface area contributed by atoms with Gasteiger partial charge in [-0.1, -0.05) is 0 Å². The molecule has 3 saturated heterocycles. The molecule has 2 aromatic carbocycles. The molecule has 52 heavy (non-hydrogen) atoms. The maximum atomic E-state index is 15.3. The van der Waals surface area contributed by atoms with Crippen molar-refractivity contribution in [1.82, 2.24) is 24.8 Å². The molecule has 16 nitrogen and oxygen atoms in total. The molecule has 4 aromatic rings. The molecule has 0 spiro atoms. The van der Waals surface area contributed by atoms with Crippen LogP contribution in [-0.2, 0) is 6.54 Å². The second-order valence-corrected chi connectivity index (χ2v) is 14.0. The SMILES string of the molecule is CCn1cc(C(=O)Nc2ccc(Nc3nc(N4C[C@H](N)C[C@H](N)C4)nc(N4C[C@H](N)C[C@H](N)C4)n3)cc2)c(=O)c2cc(F)c(N3CCNCC3)cc21. The van der Waals surface area contributed by atoms with E-state index in [4.69, 9.17) is 37.9 Å². The Bertz CT molecular complexity index is 1920. The molecular weight excluding hydrogens is 667 g/mol. The minimum Gasteiger partial charge on any atom is -0.367 e.